The summed E-state index contributed by atoms with van der Waals surface area (Å²) in [6, 6.07) is 19.1. The first-order valence-electron chi connectivity index (χ1n) is 8.37. The number of carbonyl (C=O) groups excluding carboxylic acids is 1. The molecule has 4 heteroatoms. The van der Waals surface area contributed by atoms with Crippen molar-refractivity contribution in [3.63, 3.8) is 0 Å². The van der Waals surface area contributed by atoms with E-state index in [1.807, 2.05) is 59.5 Å². The average molecular weight is 330 g/mol. The average Bonchev–Trinajstić information content (AvgIpc) is 3.07. The fraction of sp³-hybridized carbons (Fsp3) is 0.143. The molecule has 1 heterocycles. The standard InChI is InChI=1S/C21H18N2O2/c24-20-12-7-15-4-1-2-5-18(15)19(20)14-22-16-8-10-17(11-9-16)23-13-3-6-21(23)25/h1-2,4-5,7-12,14,24H,3,6,13H2. The zero-order valence-electron chi connectivity index (χ0n) is 13.7. The van der Waals surface area contributed by atoms with Crippen molar-refractivity contribution >= 4 is 34.3 Å². The first kappa shape index (κ1) is 15.4. The number of hydrogen-bond acceptors (Lipinski definition) is 3. The molecule has 0 spiro atoms. The largest absolute Gasteiger partial charge is 0.507 e. The lowest BCUT2D eigenvalue weighted by atomic mass is 10.0. The number of aromatic hydroxyl groups is 1. The molecule has 0 saturated carbocycles. The van der Waals surface area contributed by atoms with Crippen LogP contribution in [-0.2, 0) is 4.79 Å². The summed E-state index contributed by atoms with van der Waals surface area (Å²) >= 11 is 0. The Kier molecular flexibility index (Phi) is 3.94. The third kappa shape index (κ3) is 2.98. The van der Waals surface area contributed by atoms with E-state index in [0.717, 1.165) is 35.1 Å². The van der Waals surface area contributed by atoms with Crippen molar-refractivity contribution in [1.82, 2.24) is 0 Å². The van der Waals surface area contributed by atoms with Gasteiger partial charge in [0.2, 0.25) is 5.91 Å². The molecule has 0 unspecified atom stereocenters. The Morgan fingerprint density at radius 1 is 1.00 bits per heavy atom. The molecule has 1 fully saturated rings. The van der Waals surface area contributed by atoms with Gasteiger partial charge in [0, 0.05) is 30.4 Å². The number of phenolic OH excluding ortho intramolecular Hbond substituents is 1. The van der Waals surface area contributed by atoms with Crippen LogP contribution in [0.15, 0.2) is 65.7 Å². The summed E-state index contributed by atoms with van der Waals surface area (Å²) in [6.45, 7) is 0.783. The maximum absolute atomic E-state index is 11.8. The number of hydrogen-bond donors (Lipinski definition) is 1. The molecule has 1 aliphatic heterocycles. The summed E-state index contributed by atoms with van der Waals surface area (Å²) in [5.41, 5.74) is 2.40. The smallest absolute Gasteiger partial charge is 0.227 e. The summed E-state index contributed by atoms with van der Waals surface area (Å²) in [4.78, 5) is 18.1. The number of rotatable bonds is 3. The number of phenols is 1. The molecule has 4 rings (SSSR count). The van der Waals surface area contributed by atoms with Crippen LogP contribution in [0, 0.1) is 0 Å². The van der Waals surface area contributed by atoms with Crippen LogP contribution in [0.4, 0.5) is 11.4 Å². The SMILES string of the molecule is O=C1CCCN1c1ccc(N=Cc2c(O)ccc3ccccc23)cc1. The molecule has 1 amide bonds. The summed E-state index contributed by atoms with van der Waals surface area (Å²) in [5.74, 6) is 0.388. The first-order chi connectivity index (χ1) is 12.2. The number of aliphatic imine (C=N–C) groups is 1. The van der Waals surface area contributed by atoms with Crippen molar-refractivity contribution in [2.45, 2.75) is 12.8 Å². The molecule has 25 heavy (non-hydrogen) atoms. The van der Waals surface area contributed by atoms with E-state index in [2.05, 4.69) is 4.99 Å². The number of anilines is 1. The van der Waals surface area contributed by atoms with Crippen LogP contribution in [0.1, 0.15) is 18.4 Å². The quantitative estimate of drug-likeness (QED) is 0.723. The molecule has 4 nitrogen and oxygen atoms in total. The summed E-state index contributed by atoms with van der Waals surface area (Å²) in [6.07, 6.45) is 3.23. The molecule has 0 aromatic heterocycles. The Morgan fingerprint density at radius 2 is 1.80 bits per heavy atom. The van der Waals surface area contributed by atoms with Crippen molar-refractivity contribution in [1.29, 1.82) is 0 Å². The third-order valence-electron chi connectivity index (χ3n) is 4.53. The van der Waals surface area contributed by atoms with Gasteiger partial charge in [-0.05, 0) is 47.5 Å². The highest BCUT2D eigenvalue weighted by Crippen LogP contribution is 2.27. The van der Waals surface area contributed by atoms with E-state index in [1.54, 1.807) is 12.3 Å². The second-order valence-electron chi connectivity index (χ2n) is 6.14. The molecule has 3 aromatic carbocycles. The monoisotopic (exact) mass is 330 g/mol. The molecule has 1 N–H and O–H groups in total. The van der Waals surface area contributed by atoms with Crippen LogP contribution in [0.5, 0.6) is 5.75 Å². The van der Waals surface area contributed by atoms with Crippen molar-refractivity contribution in [3.8, 4) is 5.75 Å². The zero-order chi connectivity index (χ0) is 17.2. The number of carbonyl (C=O) groups is 1. The maximum atomic E-state index is 11.8. The highest BCUT2D eigenvalue weighted by molar-refractivity contribution is 6.03. The third-order valence-corrected chi connectivity index (χ3v) is 4.53. The van der Waals surface area contributed by atoms with E-state index in [1.165, 1.54) is 0 Å². The van der Waals surface area contributed by atoms with Gasteiger partial charge < -0.3 is 10.0 Å². The lowest BCUT2D eigenvalue weighted by Crippen LogP contribution is -2.23. The molecule has 1 saturated heterocycles. The summed E-state index contributed by atoms with van der Waals surface area (Å²) in [5, 5.41) is 12.2. The van der Waals surface area contributed by atoms with Crippen LogP contribution >= 0.6 is 0 Å². The molecule has 0 aliphatic carbocycles. The van der Waals surface area contributed by atoms with E-state index in [-0.39, 0.29) is 11.7 Å². The normalized spacial score (nSPS) is 14.7. The van der Waals surface area contributed by atoms with Crippen molar-refractivity contribution < 1.29 is 9.90 Å². The molecule has 1 aliphatic rings. The number of benzene rings is 3. The number of fused-ring (bicyclic) bond motifs is 1. The molecule has 3 aromatic rings. The van der Waals surface area contributed by atoms with Gasteiger partial charge in [0.25, 0.3) is 0 Å². The van der Waals surface area contributed by atoms with Gasteiger partial charge >= 0.3 is 0 Å². The summed E-state index contributed by atoms with van der Waals surface area (Å²) < 4.78 is 0. The van der Waals surface area contributed by atoms with Gasteiger partial charge in [-0.25, -0.2) is 0 Å². The predicted molar refractivity (Wildman–Crippen MR) is 101 cm³/mol. The second-order valence-corrected chi connectivity index (χ2v) is 6.14. The zero-order valence-corrected chi connectivity index (χ0v) is 13.7. The van der Waals surface area contributed by atoms with Crippen LogP contribution in [0.3, 0.4) is 0 Å². The molecule has 0 atom stereocenters. The fourth-order valence-electron chi connectivity index (χ4n) is 3.20. The van der Waals surface area contributed by atoms with E-state index >= 15 is 0 Å². The van der Waals surface area contributed by atoms with Crippen molar-refractivity contribution in [3.05, 3.63) is 66.2 Å². The number of nitrogens with zero attached hydrogens (tertiary/aromatic N) is 2. The Morgan fingerprint density at radius 3 is 2.56 bits per heavy atom. The van der Waals surface area contributed by atoms with Gasteiger partial charge in [0.15, 0.2) is 0 Å². The van der Waals surface area contributed by atoms with Gasteiger partial charge in [-0.2, -0.15) is 0 Å². The Balaban J connectivity index is 1.62. The highest BCUT2D eigenvalue weighted by atomic mass is 16.3. The first-order valence-corrected chi connectivity index (χ1v) is 8.37. The highest BCUT2D eigenvalue weighted by Gasteiger charge is 2.21. The molecule has 124 valence electrons. The van der Waals surface area contributed by atoms with Crippen LogP contribution in [0.25, 0.3) is 10.8 Å². The Bertz CT molecular complexity index is 961. The van der Waals surface area contributed by atoms with Gasteiger partial charge in [-0.15, -0.1) is 0 Å². The number of amides is 1. The van der Waals surface area contributed by atoms with E-state index in [4.69, 9.17) is 0 Å². The molecular formula is C21H18N2O2. The predicted octanol–water partition coefficient (Wildman–Crippen LogP) is 4.42. The maximum Gasteiger partial charge on any atom is 0.227 e. The lowest BCUT2D eigenvalue weighted by molar-refractivity contribution is -0.117. The topological polar surface area (TPSA) is 52.9 Å². The van der Waals surface area contributed by atoms with Crippen LogP contribution < -0.4 is 4.90 Å². The second kappa shape index (κ2) is 6.40. The van der Waals surface area contributed by atoms with E-state index < -0.39 is 0 Å². The van der Waals surface area contributed by atoms with Crippen molar-refractivity contribution in [2.24, 2.45) is 4.99 Å². The van der Waals surface area contributed by atoms with Crippen LogP contribution in [0.2, 0.25) is 0 Å². The van der Waals surface area contributed by atoms with Gasteiger partial charge in [-0.3, -0.25) is 9.79 Å². The van der Waals surface area contributed by atoms with E-state index in [9.17, 15) is 9.90 Å². The van der Waals surface area contributed by atoms with Gasteiger partial charge in [0.05, 0.1) is 5.69 Å². The van der Waals surface area contributed by atoms with Crippen molar-refractivity contribution in [2.75, 3.05) is 11.4 Å². The molecule has 0 bridgehead atoms. The Labute approximate surface area is 146 Å². The minimum absolute atomic E-state index is 0.178. The van der Waals surface area contributed by atoms with Gasteiger partial charge in [0.1, 0.15) is 5.75 Å². The van der Waals surface area contributed by atoms with E-state index in [0.29, 0.717) is 12.0 Å². The van der Waals surface area contributed by atoms with Crippen LogP contribution in [-0.4, -0.2) is 23.8 Å². The van der Waals surface area contributed by atoms with Gasteiger partial charge in [-0.1, -0.05) is 30.3 Å². The minimum Gasteiger partial charge on any atom is -0.507 e. The fourth-order valence-corrected chi connectivity index (χ4v) is 3.20. The minimum atomic E-state index is 0.178. The lowest BCUT2D eigenvalue weighted by Gasteiger charge is -2.15. The molecule has 0 radical (unpaired) electrons. The molecular weight excluding hydrogens is 312 g/mol. The Hall–Kier alpha value is -3.14. The summed E-state index contributed by atoms with van der Waals surface area (Å²) in [7, 11) is 0.